The fourth-order valence-electron chi connectivity index (χ4n) is 1.73. The summed E-state index contributed by atoms with van der Waals surface area (Å²) >= 11 is 0. The first-order valence-corrected chi connectivity index (χ1v) is 7.62. The van der Waals surface area contributed by atoms with Crippen molar-refractivity contribution in [2.24, 2.45) is 10.9 Å². The number of carbonyl (C=O) groups excluding carboxylic acids is 1. The highest BCUT2D eigenvalue weighted by atomic mass is 16.6. The number of oxime groups is 1. The molecule has 4 nitrogen and oxygen atoms in total. The maximum atomic E-state index is 11.4. The standard InChI is InChI=1S/C15H22N2O2.C2H6/c1-4-15(18)14(16)10-12-6-8-13(9-7-12)11(3)17-19-5-2;1-2/h6-9,14H,4-5,10,16H2,1-3H3;1-2H3/b17-11-;. The molecule has 1 atom stereocenters. The largest absolute Gasteiger partial charge is 0.396 e. The van der Waals surface area contributed by atoms with E-state index in [0.29, 0.717) is 19.4 Å². The van der Waals surface area contributed by atoms with Gasteiger partial charge in [-0.05, 0) is 31.4 Å². The fourth-order valence-corrected chi connectivity index (χ4v) is 1.73. The molecule has 1 unspecified atom stereocenters. The topological polar surface area (TPSA) is 64.7 Å². The lowest BCUT2D eigenvalue weighted by molar-refractivity contribution is -0.119. The van der Waals surface area contributed by atoms with Crippen LogP contribution in [0.15, 0.2) is 29.4 Å². The van der Waals surface area contributed by atoms with Crippen molar-refractivity contribution in [1.29, 1.82) is 0 Å². The summed E-state index contributed by atoms with van der Waals surface area (Å²) < 4.78 is 0. The lowest BCUT2D eigenvalue weighted by Crippen LogP contribution is -2.32. The Hall–Kier alpha value is -1.68. The average Bonchev–Trinajstić information content (AvgIpc) is 2.54. The fraction of sp³-hybridized carbons (Fsp3) is 0.529. The lowest BCUT2D eigenvalue weighted by atomic mass is 10.00. The monoisotopic (exact) mass is 292 g/mol. The Bertz CT molecular complexity index is 439. The first-order valence-electron chi connectivity index (χ1n) is 7.62. The van der Waals surface area contributed by atoms with Gasteiger partial charge in [0.15, 0.2) is 0 Å². The molecule has 0 spiro atoms. The zero-order valence-electron chi connectivity index (χ0n) is 13.8. The SMILES string of the molecule is CC.CCO/N=C(/C)c1ccc(CC(N)C(=O)CC)cc1. The van der Waals surface area contributed by atoms with Crippen molar-refractivity contribution in [2.45, 2.75) is 53.5 Å². The number of Topliss-reactive ketones (excluding diaryl/α,β-unsaturated/α-hetero) is 1. The Labute approximate surface area is 128 Å². The molecule has 0 heterocycles. The molecule has 0 saturated carbocycles. The van der Waals surface area contributed by atoms with Gasteiger partial charge in [-0.25, -0.2) is 0 Å². The van der Waals surface area contributed by atoms with E-state index in [-0.39, 0.29) is 5.78 Å². The molecule has 0 fully saturated rings. The number of nitrogens with two attached hydrogens (primary N) is 1. The smallest absolute Gasteiger partial charge is 0.149 e. The number of nitrogens with zero attached hydrogens (tertiary/aromatic N) is 1. The highest BCUT2D eigenvalue weighted by Gasteiger charge is 2.11. The lowest BCUT2D eigenvalue weighted by Gasteiger charge is -2.09. The van der Waals surface area contributed by atoms with Crippen LogP contribution in [0.2, 0.25) is 0 Å². The first kappa shape index (κ1) is 19.3. The second kappa shape index (κ2) is 11.0. The van der Waals surface area contributed by atoms with Crippen LogP contribution in [0, 0.1) is 0 Å². The molecule has 0 saturated heterocycles. The molecule has 4 heteroatoms. The Morgan fingerprint density at radius 1 is 1.24 bits per heavy atom. The highest BCUT2D eigenvalue weighted by Crippen LogP contribution is 2.09. The van der Waals surface area contributed by atoms with Crippen LogP contribution in [0.3, 0.4) is 0 Å². The quantitative estimate of drug-likeness (QED) is 0.619. The van der Waals surface area contributed by atoms with Gasteiger partial charge in [0.05, 0.1) is 11.8 Å². The van der Waals surface area contributed by atoms with Gasteiger partial charge < -0.3 is 10.6 Å². The van der Waals surface area contributed by atoms with Crippen LogP contribution in [0.1, 0.15) is 52.2 Å². The molecule has 0 bridgehead atoms. The maximum Gasteiger partial charge on any atom is 0.149 e. The Kier molecular flexibility index (Phi) is 10.1. The van der Waals surface area contributed by atoms with Crippen molar-refractivity contribution in [3.05, 3.63) is 35.4 Å². The van der Waals surface area contributed by atoms with E-state index in [1.54, 1.807) is 0 Å². The first-order chi connectivity index (χ1) is 10.1. The van der Waals surface area contributed by atoms with Gasteiger partial charge in [0, 0.05) is 6.42 Å². The molecular weight excluding hydrogens is 264 g/mol. The molecule has 0 aliphatic carbocycles. The van der Waals surface area contributed by atoms with Gasteiger partial charge in [0.25, 0.3) is 0 Å². The molecule has 0 aliphatic heterocycles. The van der Waals surface area contributed by atoms with Gasteiger partial charge in [-0.3, -0.25) is 4.79 Å². The average molecular weight is 292 g/mol. The van der Waals surface area contributed by atoms with Crippen molar-refractivity contribution in [3.63, 3.8) is 0 Å². The number of benzene rings is 1. The van der Waals surface area contributed by atoms with E-state index in [4.69, 9.17) is 10.6 Å². The Morgan fingerprint density at radius 2 is 1.81 bits per heavy atom. The highest BCUT2D eigenvalue weighted by molar-refractivity contribution is 5.98. The minimum atomic E-state index is -0.408. The predicted molar refractivity (Wildman–Crippen MR) is 88.6 cm³/mol. The molecule has 0 amide bonds. The van der Waals surface area contributed by atoms with E-state index in [2.05, 4.69) is 5.16 Å². The zero-order valence-corrected chi connectivity index (χ0v) is 13.8. The summed E-state index contributed by atoms with van der Waals surface area (Å²) in [5, 5.41) is 3.98. The molecule has 0 aromatic heterocycles. The molecule has 0 radical (unpaired) electrons. The van der Waals surface area contributed by atoms with Crippen LogP contribution in [0.25, 0.3) is 0 Å². The molecule has 0 aliphatic rings. The van der Waals surface area contributed by atoms with Gasteiger partial charge >= 0.3 is 0 Å². The predicted octanol–water partition coefficient (Wildman–Crippen LogP) is 3.32. The van der Waals surface area contributed by atoms with Crippen molar-refractivity contribution in [2.75, 3.05) is 6.61 Å². The summed E-state index contributed by atoms with van der Waals surface area (Å²) in [6.45, 7) is 10.2. The van der Waals surface area contributed by atoms with E-state index in [1.165, 1.54) is 0 Å². The third kappa shape index (κ3) is 7.04. The summed E-state index contributed by atoms with van der Waals surface area (Å²) in [5.41, 5.74) is 8.73. The van der Waals surface area contributed by atoms with Gasteiger partial charge in [-0.1, -0.05) is 50.2 Å². The molecule has 2 N–H and O–H groups in total. The second-order valence-electron chi connectivity index (χ2n) is 4.42. The Balaban J connectivity index is 0.00000191. The molecule has 118 valence electrons. The van der Waals surface area contributed by atoms with Gasteiger partial charge in [-0.2, -0.15) is 0 Å². The number of hydrogen-bond acceptors (Lipinski definition) is 4. The number of carbonyl (C=O) groups is 1. The van der Waals surface area contributed by atoms with Crippen molar-refractivity contribution in [3.8, 4) is 0 Å². The van der Waals surface area contributed by atoms with E-state index >= 15 is 0 Å². The maximum absolute atomic E-state index is 11.4. The van der Waals surface area contributed by atoms with Crippen molar-refractivity contribution >= 4 is 11.5 Å². The van der Waals surface area contributed by atoms with Crippen LogP contribution in [-0.4, -0.2) is 24.1 Å². The minimum Gasteiger partial charge on any atom is -0.396 e. The van der Waals surface area contributed by atoms with E-state index < -0.39 is 6.04 Å². The summed E-state index contributed by atoms with van der Waals surface area (Å²) in [7, 11) is 0. The zero-order chi connectivity index (χ0) is 16.3. The summed E-state index contributed by atoms with van der Waals surface area (Å²) in [6.07, 6.45) is 1.06. The summed E-state index contributed by atoms with van der Waals surface area (Å²) in [5.74, 6) is 0.0955. The Morgan fingerprint density at radius 3 is 2.29 bits per heavy atom. The van der Waals surface area contributed by atoms with Gasteiger partial charge in [0.1, 0.15) is 12.4 Å². The van der Waals surface area contributed by atoms with Crippen LogP contribution < -0.4 is 5.73 Å². The van der Waals surface area contributed by atoms with Crippen LogP contribution in [0.5, 0.6) is 0 Å². The minimum absolute atomic E-state index is 0.0955. The molecule has 21 heavy (non-hydrogen) atoms. The van der Waals surface area contributed by atoms with Gasteiger partial charge in [-0.15, -0.1) is 0 Å². The number of hydrogen-bond donors (Lipinski definition) is 1. The molecule has 1 rings (SSSR count). The number of ketones is 1. The van der Waals surface area contributed by atoms with E-state index in [9.17, 15) is 4.79 Å². The number of rotatable bonds is 7. The van der Waals surface area contributed by atoms with Crippen LogP contribution in [0.4, 0.5) is 0 Å². The van der Waals surface area contributed by atoms with Crippen molar-refractivity contribution < 1.29 is 9.63 Å². The summed E-state index contributed by atoms with van der Waals surface area (Å²) in [4.78, 5) is 16.5. The normalized spacial score (nSPS) is 12.2. The van der Waals surface area contributed by atoms with Crippen molar-refractivity contribution in [1.82, 2.24) is 0 Å². The summed E-state index contributed by atoms with van der Waals surface area (Å²) in [6, 6.07) is 7.48. The molecular formula is C17H28N2O2. The second-order valence-corrected chi connectivity index (χ2v) is 4.42. The molecule has 1 aromatic rings. The van der Waals surface area contributed by atoms with E-state index in [0.717, 1.165) is 16.8 Å². The van der Waals surface area contributed by atoms with Crippen LogP contribution >= 0.6 is 0 Å². The third-order valence-corrected chi connectivity index (χ3v) is 2.92. The van der Waals surface area contributed by atoms with Crippen LogP contribution in [-0.2, 0) is 16.1 Å². The molecule has 1 aromatic carbocycles. The van der Waals surface area contributed by atoms with E-state index in [1.807, 2.05) is 58.9 Å². The third-order valence-electron chi connectivity index (χ3n) is 2.92. The van der Waals surface area contributed by atoms with Gasteiger partial charge in [0.2, 0.25) is 0 Å².